The minimum atomic E-state index is -0.721. The summed E-state index contributed by atoms with van der Waals surface area (Å²) in [5.41, 5.74) is 0.517. The molecule has 3 atom stereocenters. The molecule has 1 aromatic carbocycles. The number of nitrogens with one attached hydrogen (secondary N) is 3. The van der Waals surface area contributed by atoms with Gasteiger partial charge < -0.3 is 15.6 Å². The van der Waals surface area contributed by atoms with E-state index in [4.69, 9.17) is 0 Å². The van der Waals surface area contributed by atoms with E-state index in [0.29, 0.717) is 12.0 Å². The van der Waals surface area contributed by atoms with Gasteiger partial charge in [0, 0.05) is 35.3 Å². The van der Waals surface area contributed by atoms with Crippen LogP contribution in [0.3, 0.4) is 0 Å². The van der Waals surface area contributed by atoms with Crippen LogP contribution in [-0.4, -0.2) is 57.5 Å². The molecule has 3 N–H and O–H groups in total. The van der Waals surface area contributed by atoms with Crippen LogP contribution in [0.2, 0.25) is 0 Å². The lowest BCUT2D eigenvalue weighted by molar-refractivity contribution is -0.126. The predicted molar refractivity (Wildman–Crippen MR) is 123 cm³/mol. The van der Waals surface area contributed by atoms with E-state index in [0.717, 1.165) is 50.9 Å². The van der Waals surface area contributed by atoms with Gasteiger partial charge in [0.25, 0.3) is 0 Å². The molecule has 2 fully saturated rings. The normalized spacial score (nSPS) is 23.4. The lowest BCUT2D eigenvalue weighted by atomic mass is 9.90. The van der Waals surface area contributed by atoms with Gasteiger partial charge in [0.1, 0.15) is 11.6 Å². The highest BCUT2D eigenvalue weighted by atomic mass is 19.1. The lowest BCUT2D eigenvalue weighted by Gasteiger charge is -2.32. The zero-order valence-corrected chi connectivity index (χ0v) is 18.9. The fourth-order valence-corrected chi connectivity index (χ4v) is 5.12. The summed E-state index contributed by atoms with van der Waals surface area (Å²) in [5, 5.41) is 6.61. The quantitative estimate of drug-likeness (QED) is 0.523. The molecular formula is C24H27F3N6O. The van der Waals surface area contributed by atoms with Gasteiger partial charge >= 0.3 is 0 Å². The molecule has 3 heterocycles. The number of rotatable bonds is 5. The molecule has 1 saturated heterocycles. The standard InChI is InChI=1S/C24H27F3N6O/c1-33-7-3-6-20(33)24(34)31-15-5-2-4-14(10-15)30-23-19(27)12-29-22(32-23)17-11-28-21-16(17)8-13(25)9-18(21)26/h8-9,11-12,14-15,20,28H,2-7,10H2,1H3,(H,31,34)(H,29,30,32)/t14-,15+,20+/m1/s1. The third kappa shape index (κ3) is 4.46. The molecule has 10 heteroatoms. The number of halogens is 3. The Morgan fingerprint density at radius 1 is 1.12 bits per heavy atom. The van der Waals surface area contributed by atoms with Crippen molar-refractivity contribution in [1.29, 1.82) is 0 Å². The summed E-state index contributed by atoms with van der Waals surface area (Å²) in [6, 6.07) is 1.85. The van der Waals surface area contributed by atoms with Crippen LogP contribution < -0.4 is 10.6 Å². The van der Waals surface area contributed by atoms with Gasteiger partial charge in [0.05, 0.1) is 17.8 Å². The summed E-state index contributed by atoms with van der Waals surface area (Å²) in [7, 11) is 1.97. The maximum atomic E-state index is 14.6. The van der Waals surface area contributed by atoms with Crippen molar-refractivity contribution < 1.29 is 18.0 Å². The van der Waals surface area contributed by atoms with E-state index in [2.05, 4.69) is 30.5 Å². The number of aromatic amines is 1. The summed E-state index contributed by atoms with van der Waals surface area (Å²) < 4.78 is 42.4. The summed E-state index contributed by atoms with van der Waals surface area (Å²) in [4.78, 5) is 25.9. The number of likely N-dealkylation sites (tertiary alicyclic amines) is 1. The highest BCUT2D eigenvalue weighted by molar-refractivity contribution is 5.94. The van der Waals surface area contributed by atoms with E-state index in [-0.39, 0.29) is 46.6 Å². The zero-order chi connectivity index (χ0) is 23.8. The SMILES string of the molecule is CN1CCC[C@H]1C(=O)N[C@H]1CCC[C@@H](Nc2nc(-c3c[nH]c4c(F)cc(F)cc34)ncc2F)C1. The van der Waals surface area contributed by atoms with Crippen molar-refractivity contribution in [1.82, 2.24) is 25.2 Å². The second-order valence-corrected chi connectivity index (χ2v) is 9.25. The summed E-state index contributed by atoms with van der Waals surface area (Å²) >= 11 is 0. The summed E-state index contributed by atoms with van der Waals surface area (Å²) in [6.45, 7) is 0.929. The highest BCUT2D eigenvalue weighted by Gasteiger charge is 2.31. The molecule has 34 heavy (non-hydrogen) atoms. The van der Waals surface area contributed by atoms with Crippen molar-refractivity contribution >= 4 is 22.6 Å². The molecule has 2 aromatic heterocycles. The Morgan fingerprint density at radius 2 is 1.94 bits per heavy atom. The number of nitrogens with zero attached hydrogens (tertiary/aromatic N) is 3. The Balaban J connectivity index is 1.31. The first-order valence-corrected chi connectivity index (χ1v) is 11.6. The van der Waals surface area contributed by atoms with Crippen molar-refractivity contribution in [3.05, 3.63) is 42.0 Å². The number of carbonyl (C=O) groups is 1. The minimum Gasteiger partial charge on any atom is -0.365 e. The van der Waals surface area contributed by atoms with Crippen molar-refractivity contribution in [3.63, 3.8) is 0 Å². The number of anilines is 1. The van der Waals surface area contributed by atoms with E-state index in [1.807, 2.05) is 7.05 Å². The molecule has 0 unspecified atom stereocenters. The zero-order valence-electron chi connectivity index (χ0n) is 18.9. The molecule has 0 bridgehead atoms. The van der Waals surface area contributed by atoms with E-state index in [1.54, 1.807) is 0 Å². The molecular weight excluding hydrogens is 445 g/mol. The third-order valence-corrected chi connectivity index (χ3v) is 6.88. The molecule has 0 radical (unpaired) electrons. The number of hydrogen-bond donors (Lipinski definition) is 3. The van der Waals surface area contributed by atoms with Gasteiger partial charge in [-0.15, -0.1) is 0 Å². The van der Waals surface area contributed by atoms with Crippen LogP contribution in [0.1, 0.15) is 38.5 Å². The largest absolute Gasteiger partial charge is 0.365 e. The maximum Gasteiger partial charge on any atom is 0.237 e. The van der Waals surface area contributed by atoms with Crippen LogP contribution in [0, 0.1) is 17.5 Å². The van der Waals surface area contributed by atoms with Crippen molar-refractivity contribution in [2.45, 2.75) is 56.7 Å². The van der Waals surface area contributed by atoms with E-state index in [1.165, 1.54) is 12.3 Å². The molecule has 1 aliphatic heterocycles. The Hall–Kier alpha value is -3.14. The molecule has 1 saturated carbocycles. The van der Waals surface area contributed by atoms with Crippen LogP contribution in [0.5, 0.6) is 0 Å². The maximum absolute atomic E-state index is 14.6. The fraction of sp³-hybridized carbons (Fsp3) is 0.458. The number of benzene rings is 1. The molecule has 1 amide bonds. The molecule has 1 aliphatic carbocycles. The second-order valence-electron chi connectivity index (χ2n) is 9.25. The van der Waals surface area contributed by atoms with E-state index < -0.39 is 17.5 Å². The van der Waals surface area contributed by atoms with Gasteiger partial charge in [0.15, 0.2) is 17.5 Å². The average molecular weight is 473 g/mol. The minimum absolute atomic E-state index is 0.0108. The first-order valence-electron chi connectivity index (χ1n) is 11.6. The topological polar surface area (TPSA) is 85.9 Å². The first kappa shape index (κ1) is 22.6. The molecule has 5 rings (SSSR count). The lowest BCUT2D eigenvalue weighted by Crippen LogP contribution is -2.48. The Bertz CT molecular complexity index is 1210. The van der Waals surface area contributed by atoms with Crippen LogP contribution in [0.25, 0.3) is 22.3 Å². The third-order valence-electron chi connectivity index (χ3n) is 6.88. The second kappa shape index (κ2) is 9.25. The number of hydrogen-bond acceptors (Lipinski definition) is 5. The van der Waals surface area contributed by atoms with Gasteiger partial charge in [-0.3, -0.25) is 9.69 Å². The predicted octanol–water partition coefficient (Wildman–Crippen LogP) is 3.98. The van der Waals surface area contributed by atoms with Crippen LogP contribution in [-0.2, 0) is 4.79 Å². The number of aromatic nitrogens is 3. The monoisotopic (exact) mass is 472 g/mol. The highest BCUT2D eigenvalue weighted by Crippen LogP contribution is 2.30. The van der Waals surface area contributed by atoms with Crippen LogP contribution >= 0.6 is 0 Å². The molecule has 3 aromatic rings. The molecule has 0 spiro atoms. The number of amides is 1. The number of fused-ring (bicyclic) bond motifs is 1. The van der Waals surface area contributed by atoms with Gasteiger partial charge in [-0.25, -0.2) is 23.1 Å². The van der Waals surface area contributed by atoms with Crippen LogP contribution in [0.4, 0.5) is 19.0 Å². The number of H-pyrrole nitrogens is 1. The smallest absolute Gasteiger partial charge is 0.237 e. The first-order chi connectivity index (χ1) is 16.4. The molecule has 2 aliphatic rings. The molecule has 7 nitrogen and oxygen atoms in total. The Kier molecular flexibility index (Phi) is 6.16. The van der Waals surface area contributed by atoms with Crippen LogP contribution in [0.15, 0.2) is 24.5 Å². The summed E-state index contributed by atoms with van der Waals surface area (Å²) in [5.74, 6) is -1.81. The van der Waals surface area contributed by atoms with Gasteiger partial charge in [-0.2, -0.15) is 0 Å². The Morgan fingerprint density at radius 3 is 2.74 bits per heavy atom. The average Bonchev–Trinajstić information content (AvgIpc) is 3.42. The van der Waals surface area contributed by atoms with E-state index in [9.17, 15) is 18.0 Å². The van der Waals surface area contributed by atoms with Crippen molar-refractivity contribution in [2.24, 2.45) is 0 Å². The number of carbonyl (C=O) groups excluding carboxylic acids is 1. The van der Waals surface area contributed by atoms with Gasteiger partial charge in [-0.05, 0) is 58.2 Å². The van der Waals surface area contributed by atoms with Gasteiger partial charge in [0.2, 0.25) is 5.91 Å². The van der Waals surface area contributed by atoms with Crippen molar-refractivity contribution in [3.8, 4) is 11.4 Å². The van der Waals surface area contributed by atoms with Crippen molar-refractivity contribution in [2.75, 3.05) is 18.9 Å². The van der Waals surface area contributed by atoms with Gasteiger partial charge in [-0.1, -0.05) is 0 Å². The van der Waals surface area contributed by atoms with E-state index >= 15 is 0 Å². The molecule has 180 valence electrons. The fourth-order valence-electron chi connectivity index (χ4n) is 5.12. The summed E-state index contributed by atoms with van der Waals surface area (Å²) in [6.07, 6.45) is 7.67. The Labute approximate surface area is 195 Å². The number of likely N-dealkylation sites (N-methyl/N-ethyl adjacent to an activating group) is 1.